The first-order valence-electron chi connectivity index (χ1n) is 9.75. The zero-order valence-corrected chi connectivity index (χ0v) is 17.2. The average molecular weight is 408 g/mol. The topological polar surface area (TPSA) is 79.9 Å². The second-order valence-electron chi connectivity index (χ2n) is 7.06. The molecule has 0 saturated carbocycles. The van der Waals surface area contributed by atoms with Gasteiger partial charge in [-0.3, -0.25) is 4.79 Å². The van der Waals surface area contributed by atoms with E-state index in [9.17, 15) is 4.79 Å². The van der Waals surface area contributed by atoms with Crippen LogP contribution in [0.15, 0.2) is 79.0 Å². The van der Waals surface area contributed by atoms with Crippen molar-refractivity contribution in [3.8, 4) is 23.3 Å². The summed E-state index contributed by atoms with van der Waals surface area (Å²) in [6.07, 6.45) is 1.58. The van der Waals surface area contributed by atoms with Crippen molar-refractivity contribution < 1.29 is 9.53 Å². The lowest BCUT2D eigenvalue weighted by Gasteiger charge is -2.11. The quantitative estimate of drug-likeness (QED) is 0.479. The number of carbonyl (C=O) groups is 1. The Labute approximate surface area is 180 Å². The molecular formula is C25H20N4O2. The molecule has 1 N–H and O–H groups in total. The number of aryl methyl sites for hydroxylation is 1. The number of rotatable bonds is 5. The zero-order valence-electron chi connectivity index (χ0n) is 17.2. The summed E-state index contributed by atoms with van der Waals surface area (Å²) in [7, 11) is 0. The van der Waals surface area contributed by atoms with E-state index in [0.717, 1.165) is 16.9 Å². The van der Waals surface area contributed by atoms with Gasteiger partial charge in [0.05, 0.1) is 34.8 Å². The second kappa shape index (κ2) is 8.56. The molecule has 1 aromatic heterocycles. The fraction of sp³-hybridized carbons (Fsp3) is 0.0800. The van der Waals surface area contributed by atoms with Crippen molar-refractivity contribution in [1.82, 2.24) is 9.78 Å². The standard InChI is InChI=1S/C25H20N4O2/c1-17-14-22(31-21-10-8-19(15-26)9-11-21)12-13-24(17)28-25(30)23-16-27-29(18(23)2)20-6-4-3-5-7-20/h3-14,16H,1-2H3,(H,28,30). The third kappa shape index (κ3) is 4.31. The molecule has 31 heavy (non-hydrogen) atoms. The van der Waals surface area contributed by atoms with Gasteiger partial charge in [-0.05, 0) is 74.0 Å². The van der Waals surface area contributed by atoms with Crippen LogP contribution in [0.4, 0.5) is 5.69 Å². The second-order valence-corrected chi connectivity index (χ2v) is 7.06. The molecule has 0 fully saturated rings. The maximum atomic E-state index is 12.8. The van der Waals surface area contributed by atoms with Crippen molar-refractivity contribution in [1.29, 1.82) is 5.26 Å². The number of carbonyl (C=O) groups excluding carboxylic acids is 1. The lowest BCUT2D eigenvalue weighted by molar-refractivity contribution is 0.102. The van der Waals surface area contributed by atoms with Gasteiger partial charge in [-0.1, -0.05) is 18.2 Å². The molecule has 0 aliphatic rings. The summed E-state index contributed by atoms with van der Waals surface area (Å²) in [6, 6.07) is 24.1. The maximum Gasteiger partial charge on any atom is 0.259 e. The summed E-state index contributed by atoms with van der Waals surface area (Å²) >= 11 is 0. The number of amides is 1. The molecule has 6 nitrogen and oxygen atoms in total. The Morgan fingerprint density at radius 2 is 1.71 bits per heavy atom. The Morgan fingerprint density at radius 3 is 2.39 bits per heavy atom. The number of nitrogens with zero attached hydrogens (tertiary/aromatic N) is 3. The fourth-order valence-corrected chi connectivity index (χ4v) is 3.23. The van der Waals surface area contributed by atoms with Crippen molar-refractivity contribution in [3.05, 3.63) is 101 Å². The fourth-order valence-electron chi connectivity index (χ4n) is 3.23. The number of para-hydroxylation sites is 1. The van der Waals surface area contributed by atoms with Crippen LogP contribution in [0, 0.1) is 25.2 Å². The summed E-state index contributed by atoms with van der Waals surface area (Å²) < 4.78 is 7.59. The van der Waals surface area contributed by atoms with Crippen LogP contribution in [0.2, 0.25) is 0 Å². The Balaban J connectivity index is 1.49. The van der Waals surface area contributed by atoms with Crippen LogP contribution in [0.5, 0.6) is 11.5 Å². The minimum Gasteiger partial charge on any atom is -0.457 e. The molecule has 0 saturated heterocycles. The van der Waals surface area contributed by atoms with Crippen LogP contribution in [-0.4, -0.2) is 15.7 Å². The van der Waals surface area contributed by atoms with Gasteiger partial charge in [-0.25, -0.2) is 4.68 Å². The summed E-state index contributed by atoms with van der Waals surface area (Å²) in [6.45, 7) is 3.78. The van der Waals surface area contributed by atoms with E-state index in [4.69, 9.17) is 10.00 Å². The monoisotopic (exact) mass is 408 g/mol. The van der Waals surface area contributed by atoms with Gasteiger partial charge < -0.3 is 10.1 Å². The predicted molar refractivity (Wildman–Crippen MR) is 119 cm³/mol. The molecule has 3 aromatic carbocycles. The Morgan fingerprint density at radius 1 is 1.00 bits per heavy atom. The molecule has 0 bridgehead atoms. The number of hydrogen-bond acceptors (Lipinski definition) is 4. The summed E-state index contributed by atoms with van der Waals surface area (Å²) in [5, 5.41) is 16.2. The molecule has 0 aliphatic heterocycles. The van der Waals surface area contributed by atoms with Crippen LogP contribution >= 0.6 is 0 Å². The smallest absolute Gasteiger partial charge is 0.259 e. The normalized spacial score (nSPS) is 10.4. The van der Waals surface area contributed by atoms with E-state index in [1.165, 1.54) is 0 Å². The molecule has 1 heterocycles. The third-order valence-corrected chi connectivity index (χ3v) is 4.92. The Kier molecular flexibility index (Phi) is 5.50. The largest absolute Gasteiger partial charge is 0.457 e. The summed E-state index contributed by atoms with van der Waals surface area (Å²) in [5.41, 5.74) is 4.33. The van der Waals surface area contributed by atoms with E-state index < -0.39 is 0 Å². The van der Waals surface area contributed by atoms with Gasteiger partial charge in [0.1, 0.15) is 11.5 Å². The first-order valence-corrected chi connectivity index (χ1v) is 9.75. The molecule has 0 aliphatic carbocycles. The molecule has 6 heteroatoms. The highest BCUT2D eigenvalue weighted by Crippen LogP contribution is 2.27. The highest BCUT2D eigenvalue weighted by molar-refractivity contribution is 6.05. The van der Waals surface area contributed by atoms with E-state index in [2.05, 4.69) is 16.5 Å². The molecular weight excluding hydrogens is 388 g/mol. The SMILES string of the molecule is Cc1cc(Oc2ccc(C#N)cc2)ccc1NC(=O)c1cnn(-c2ccccc2)c1C. The highest BCUT2D eigenvalue weighted by Gasteiger charge is 2.16. The van der Waals surface area contributed by atoms with Crippen molar-refractivity contribution in [2.75, 3.05) is 5.32 Å². The van der Waals surface area contributed by atoms with Crippen molar-refractivity contribution in [3.63, 3.8) is 0 Å². The van der Waals surface area contributed by atoms with Gasteiger partial charge >= 0.3 is 0 Å². The van der Waals surface area contributed by atoms with E-state index in [0.29, 0.717) is 28.3 Å². The lowest BCUT2D eigenvalue weighted by Crippen LogP contribution is -2.14. The number of nitrogens with one attached hydrogen (secondary N) is 1. The van der Waals surface area contributed by atoms with Gasteiger partial charge in [0.2, 0.25) is 0 Å². The van der Waals surface area contributed by atoms with Gasteiger partial charge in [0.15, 0.2) is 0 Å². The van der Waals surface area contributed by atoms with Crippen LogP contribution in [0.25, 0.3) is 5.69 Å². The van der Waals surface area contributed by atoms with E-state index in [-0.39, 0.29) is 5.91 Å². The number of anilines is 1. The minimum absolute atomic E-state index is 0.219. The third-order valence-electron chi connectivity index (χ3n) is 4.92. The highest BCUT2D eigenvalue weighted by atomic mass is 16.5. The molecule has 4 aromatic rings. The van der Waals surface area contributed by atoms with E-state index in [1.54, 1.807) is 41.2 Å². The number of nitriles is 1. The van der Waals surface area contributed by atoms with Crippen LogP contribution in [0.1, 0.15) is 27.2 Å². The van der Waals surface area contributed by atoms with Crippen molar-refractivity contribution in [2.45, 2.75) is 13.8 Å². The maximum absolute atomic E-state index is 12.8. The molecule has 0 atom stereocenters. The number of hydrogen-bond donors (Lipinski definition) is 1. The van der Waals surface area contributed by atoms with E-state index in [1.807, 2.05) is 56.3 Å². The van der Waals surface area contributed by atoms with Crippen LogP contribution in [-0.2, 0) is 0 Å². The zero-order chi connectivity index (χ0) is 21.8. The molecule has 0 radical (unpaired) electrons. The number of ether oxygens (including phenoxy) is 1. The summed E-state index contributed by atoms with van der Waals surface area (Å²) in [5.74, 6) is 1.07. The minimum atomic E-state index is -0.219. The molecule has 152 valence electrons. The summed E-state index contributed by atoms with van der Waals surface area (Å²) in [4.78, 5) is 12.8. The van der Waals surface area contributed by atoms with Gasteiger partial charge in [-0.2, -0.15) is 10.4 Å². The lowest BCUT2D eigenvalue weighted by atomic mass is 10.1. The van der Waals surface area contributed by atoms with Crippen LogP contribution in [0.3, 0.4) is 0 Å². The van der Waals surface area contributed by atoms with Gasteiger partial charge in [0, 0.05) is 5.69 Å². The van der Waals surface area contributed by atoms with Gasteiger partial charge in [-0.15, -0.1) is 0 Å². The molecule has 0 spiro atoms. The van der Waals surface area contributed by atoms with Crippen LogP contribution < -0.4 is 10.1 Å². The first-order chi connectivity index (χ1) is 15.0. The predicted octanol–water partition coefficient (Wildman–Crippen LogP) is 5.41. The molecule has 0 unspecified atom stereocenters. The van der Waals surface area contributed by atoms with Crippen molar-refractivity contribution >= 4 is 11.6 Å². The molecule has 1 amide bonds. The number of aromatic nitrogens is 2. The first kappa shape index (κ1) is 19.9. The average Bonchev–Trinajstić information content (AvgIpc) is 3.18. The van der Waals surface area contributed by atoms with Gasteiger partial charge in [0.25, 0.3) is 5.91 Å². The van der Waals surface area contributed by atoms with Crippen molar-refractivity contribution in [2.24, 2.45) is 0 Å². The molecule has 4 rings (SSSR count). The van der Waals surface area contributed by atoms with E-state index >= 15 is 0 Å². The number of benzene rings is 3. The Hall–Kier alpha value is -4.37. The Bertz CT molecular complexity index is 1270.